The van der Waals surface area contributed by atoms with E-state index in [1.165, 1.54) is 0 Å². The fraction of sp³-hybridized carbons (Fsp3) is 0.480. The number of nitrogens with zero attached hydrogens (tertiary/aromatic N) is 2. The lowest BCUT2D eigenvalue weighted by atomic mass is 10.0. The van der Waals surface area contributed by atoms with Crippen LogP contribution in [0.2, 0.25) is 0 Å². The van der Waals surface area contributed by atoms with E-state index in [0.29, 0.717) is 38.1 Å². The standard InChI is InChI=1S/C25H33N3O4/c1-17-13-20(14-18(2)22(17)31-16-19-7-6-10-26-15-19)23(29)27-21-8-11-28(12-9-21)24(30)32-25(3,4)5/h6-7,10,13-15,21H,8-9,11-12,16H2,1-5H3,(H,27,29). The first kappa shape index (κ1) is 23.6. The molecule has 2 aromatic rings. The second-order valence-corrected chi connectivity index (χ2v) is 9.30. The summed E-state index contributed by atoms with van der Waals surface area (Å²) in [5, 5.41) is 3.11. The van der Waals surface area contributed by atoms with Crippen LogP contribution >= 0.6 is 0 Å². The molecule has 1 aliphatic rings. The van der Waals surface area contributed by atoms with Crippen molar-refractivity contribution in [1.82, 2.24) is 15.2 Å². The number of rotatable bonds is 5. The molecule has 0 aliphatic carbocycles. The summed E-state index contributed by atoms with van der Waals surface area (Å²) in [6.45, 7) is 11.0. The Morgan fingerprint density at radius 1 is 1.16 bits per heavy atom. The minimum absolute atomic E-state index is 0.0308. The number of benzene rings is 1. The molecule has 1 aromatic heterocycles. The van der Waals surface area contributed by atoms with Crippen molar-refractivity contribution in [3.8, 4) is 5.75 Å². The Bertz CT molecular complexity index is 922. The fourth-order valence-electron chi connectivity index (χ4n) is 3.75. The number of hydrogen-bond acceptors (Lipinski definition) is 5. The minimum atomic E-state index is -0.508. The number of pyridine rings is 1. The van der Waals surface area contributed by atoms with Gasteiger partial charge in [0.2, 0.25) is 0 Å². The van der Waals surface area contributed by atoms with Gasteiger partial charge in [0.1, 0.15) is 18.0 Å². The molecule has 1 fully saturated rings. The molecule has 1 aromatic carbocycles. The van der Waals surface area contributed by atoms with Crippen LogP contribution < -0.4 is 10.1 Å². The molecule has 0 saturated carbocycles. The van der Waals surface area contributed by atoms with E-state index in [1.54, 1.807) is 17.3 Å². The number of ether oxygens (including phenoxy) is 2. The maximum absolute atomic E-state index is 12.8. The number of nitrogens with one attached hydrogen (secondary N) is 1. The predicted octanol–water partition coefficient (Wildman–Crippen LogP) is 4.41. The summed E-state index contributed by atoms with van der Waals surface area (Å²) >= 11 is 0. The summed E-state index contributed by atoms with van der Waals surface area (Å²) < 4.78 is 11.4. The first-order chi connectivity index (χ1) is 15.1. The average Bonchev–Trinajstić information content (AvgIpc) is 2.73. The van der Waals surface area contributed by atoms with E-state index in [0.717, 1.165) is 22.4 Å². The Hall–Kier alpha value is -3.09. The van der Waals surface area contributed by atoms with Crippen LogP contribution in [0, 0.1) is 13.8 Å². The SMILES string of the molecule is Cc1cc(C(=O)NC2CCN(C(=O)OC(C)(C)C)CC2)cc(C)c1OCc1cccnc1. The van der Waals surface area contributed by atoms with Gasteiger partial charge in [-0.2, -0.15) is 0 Å². The molecular formula is C25H33N3O4. The Balaban J connectivity index is 1.55. The van der Waals surface area contributed by atoms with Gasteiger partial charge < -0.3 is 19.7 Å². The zero-order valence-electron chi connectivity index (χ0n) is 19.6. The number of hydrogen-bond donors (Lipinski definition) is 1. The van der Waals surface area contributed by atoms with E-state index in [2.05, 4.69) is 10.3 Å². The van der Waals surface area contributed by atoms with Gasteiger partial charge in [-0.1, -0.05) is 6.07 Å². The van der Waals surface area contributed by atoms with Gasteiger partial charge in [0, 0.05) is 42.7 Å². The number of carbonyl (C=O) groups is 2. The van der Waals surface area contributed by atoms with Gasteiger partial charge >= 0.3 is 6.09 Å². The third kappa shape index (κ3) is 6.45. The Morgan fingerprint density at radius 3 is 2.38 bits per heavy atom. The van der Waals surface area contributed by atoms with Gasteiger partial charge in [-0.3, -0.25) is 9.78 Å². The van der Waals surface area contributed by atoms with Gasteiger partial charge in [-0.25, -0.2) is 4.79 Å². The molecule has 1 aliphatic heterocycles. The maximum Gasteiger partial charge on any atom is 0.410 e. The first-order valence-electron chi connectivity index (χ1n) is 11.0. The Morgan fingerprint density at radius 2 is 1.81 bits per heavy atom. The molecule has 32 heavy (non-hydrogen) atoms. The van der Waals surface area contributed by atoms with Crippen LogP contribution in [-0.2, 0) is 11.3 Å². The van der Waals surface area contributed by atoms with Gasteiger partial charge in [-0.15, -0.1) is 0 Å². The van der Waals surface area contributed by atoms with Crippen LogP contribution in [0.3, 0.4) is 0 Å². The van der Waals surface area contributed by atoms with Crippen LogP contribution in [-0.4, -0.2) is 46.6 Å². The number of piperidine rings is 1. The average molecular weight is 440 g/mol. The van der Waals surface area contributed by atoms with E-state index >= 15 is 0 Å². The molecule has 0 radical (unpaired) electrons. The second kappa shape index (κ2) is 10.0. The predicted molar refractivity (Wildman–Crippen MR) is 123 cm³/mol. The molecule has 7 nitrogen and oxygen atoms in total. The van der Waals surface area contributed by atoms with Crippen molar-refractivity contribution in [2.24, 2.45) is 0 Å². The van der Waals surface area contributed by atoms with E-state index < -0.39 is 5.60 Å². The molecule has 0 spiro atoms. The van der Waals surface area contributed by atoms with Crippen molar-refractivity contribution in [2.75, 3.05) is 13.1 Å². The number of carbonyl (C=O) groups excluding carboxylic acids is 2. The molecule has 0 atom stereocenters. The van der Waals surface area contributed by atoms with E-state index in [9.17, 15) is 9.59 Å². The molecule has 3 rings (SSSR count). The molecule has 1 saturated heterocycles. The smallest absolute Gasteiger partial charge is 0.410 e. The van der Waals surface area contributed by atoms with Gasteiger partial charge in [0.25, 0.3) is 5.91 Å². The lowest BCUT2D eigenvalue weighted by Crippen LogP contribution is -2.47. The largest absolute Gasteiger partial charge is 0.488 e. The number of aromatic nitrogens is 1. The monoisotopic (exact) mass is 439 g/mol. The molecule has 0 bridgehead atoms. The Kier molecular flexibility index (Phi) is 7.38. The number of aryl methyl sites for hydroxylation is 2. The highest BCUT2D eigenvalue weighted by atomic mass is 16.6. The molecule has 1 N–H and O–H groups in total. The fourth-order valence-corrected chi connectivity index (χ4v) is 3.75. The van der Waals surface area contributed by atoms with Crippen molar-refractivity contribution in [3.63, 3.8) is 0 Å². The summed E-state index contributed by atoms with van der Waals surface area (Å²) in [4.78, 5) is 30.9. The van der Waals surface area contributed by atoms with Crippen molar-refractivity contribution < 1.29 is 19.1 Å². The highest BCUT2D eigenvalue weighted by molar-refractivity contribution is 5.95. The molecule has 7 heteroatoms. The summed E-state index contributed by atoms with van der Waals surface area (Å²) in [6.07, 6.45) is 4.62. The van der Waals surface area contributed by atoms with Crippen molar-refractivity contribution >= 4 is 12.0 Å². The summed E-state index contributed by atoms with van der Waals surface area (Å²) in [5.74, 6) is 0.682. The van der Waals surface area contributed by atoms with Crippen molar-refractivity contribution in [1.29, 1.82) is 0 Å². The Labute approximate surface area is 190 Å². The van der Waals surface area contributed by atoms with Crippen molar-refractivity contribution in [2.45, 2.75) is 65.7 Å². The van der Waals surface area contributed by atoms with Crippen LogP contribution in [0.15, 0.2) is 36.7 Å². The van der Waals surface area contributed by atoms with Crippen LogP contribution in [0.1, 0.15) is 60.7 Å². The van der Waals surface area contributed by atoms with Crippen LogP contribution in [0.25, 0.3) is 0 Å². The summed E-state index contributed by atoms with van der Waals surface area (Å²) in [5.41, 5.74) is 2.93. The number of likely N-dealkylation sites (tertiary alicyclic amines) is 1. The lowest BCUT2D eigenvalue weighted by Gasteiger charge is -2.33. The second-order valence-electron chi connectivity index (χ2n) is 9.30. The van der Waals surface area contributed by atoms with Gasteiger partial charge in [-0.05, 0) is 76.8 Å². The van der Waals surface area contributed by atoms with Crippen LogP contribution in [0.4, 0.5) is 4.79 Å². The van der Waals surface area contributed by atoms with E-state index in [4.69, 9.17) is 9.47 Å². The zero-order valence-corrected chi connectivity index (χ0v) is 19.6. The lowest BCUT2D eigenvalue weighted by molar-refractivity contribution is 0.0199. The van der Waals surface area contributed by atoms with Crippen LogP contribution in [0.5, 0.6) is 5.75 Å². The number of amides is 2. The van der Waals surface area contributed by atoms with Gasteiger partial charge in [0.05, 0.1) is 0 Å². The summed E-state index contributed by atoms with van der Waals surface area (Å²) in [7, 11) is 0. The highest BCUT2D eigenvalue weighted by Crippen LogP contribution is 2.26. The zero-order chi connectivity index (χ0) is 23.3. The molecule has 0 unspecified atom stereocenters. The molecule has 2 heterocycles. The first-order valence-corrected chi connectivity index (χ1v) is 11.0. The third-order valence-corrected chi connectivity index (χ3v) is 5.31. The third-order valence-electron chi connectivity index (χ3n) is 5.31. The quantitative estimate of drug-likeness (QED) is 0.747. The topological polar surface area (TPSA) is 80.8 Å². The normalized spacial score (nSPS) is 14.7. The van der Waals surface area contributed by atoms with E-state index in [-0.39, 0.29) is 18.0 Å². The summed E-state index contributed by atoms with van der Waals surface area (Å²) in [6, 6.07) is 7.59. The molecule has 172 valence electrons. The highest BCUT2D eigenvalue weighted by Gasteiger charge is 2.27. The molecule has 2 amide bonds. The molecular weight excluding hydrogens is 406 g/mol. The van der Waals surface area contributed by atoms with Gasteiger partial charge in [0.15, 0.2) is 0 Å². The maximum atomic E-state index is 12.8. The van der Waals surface area contributed by atoms with E-state index in [1.807, 2.05) is 58.9 Å². The minimum Gasteiger partial charge on any atom is -0.488 e. The van der Waals surface area contributed by atoms with Crippen molar-refractivity contribution in [3.05, 3.63) is 58.9 Å².